The summed E-state index contributed by atoms with van der Waals surface area (Å²) >= 11 is 0. The Morgan fingerprint density at radius 2 is 1.84 bits per heavy atom. The summed E-state index contributed by atoms with van der Waals surface area (Å²) in [7, 11) is 0. The lowest BCUT2D eigenvalue weighted by molar-refractivity contribution is 0.308. The molecule has 121 valence electrons. The summed E-state index contributed by atoms with van der Waals surface area (Å²) in [5.41, 5.74) is 3.63. The first-order chi connectivity index (χ1) is 12.2. The lowest BCUT2D eigenvalue weighted by Crippen LogP contribution is -1.99. The fourth-order valence-corrected chi connectivity index (χ4v) is 3.12. The van der Waals surface area contributed by atoms with E-state index in [4.69, 9.17) is 4.74 Å². The third-order valence-corrected chi connectivity index (χ3v) is 4.29. The van der Waals surface area contributed by atoms with Crippen LogP contribution < -0.4 is 4.74 Å². The van der Waals surface area contributed by atoms with E-state index >= 15 is 0 Å². The summed E-state index contributed by atoms with van der Waals surface area (Å²) in [6.45, 7) is 2.46. The second-order valence-corrected chi connectivity index (χ2v) is 6.02. The first-order valence-corrected chi connectivity index (χ1v) is 8.13. The minimum atomic E-state index is 0.467. The lowest BCUT2D eigenvalue weighted by Gasteiger charge is -2.11. The molecule has 4 aromatic rings. The topological polar surface area (TPSA) is 39.2 Å². The first-order valence-electron chi connectivity index (χ1n) is 8.13. The Balaban J connectivity index is 1.66. The minimum Gasteiger partial charge on any atom is -0.489 e. The van der Waals surface area contributed by atoms with Crippen LogP contribution in [0.15, 0.2) is 66.7 Å². The first kappa shape index (κ1) is 15.3. The number of para-hydroxylation sites is 1. The summed E-state index contributed by atoms with van der Waals surface area (Å²) in [5.74, 6) is 0.772. The maximum Gasteiger partial charge on any atom is 0.234 e. The molecule has 0 amide bonds. The molecule has 25 heavy (non-hydrogen) atoms. The van der Waals surface area contributed by atoms with Crippen molar-refractivity contribution in [3.05, 3.63) is 83.6 Å². The lowest BCUT2D eigenvalue weighted by atomic mass is 10.1. The third kappa shape index (κ3) is 2.96. The number of aromatic nitrogens is 1. The van der Waals surface area contributed by atoms with E-state index in [1.54, 1.807) is 6.07 Å². The Morgan fingerprint density at radius 3 is 2.72 bits per heavy atom. The molecule has 3 heteroatoms. The highest BCUT2D eigenvalue weighted by Gasteiger charge is 2.06. The van der Waals surface area contributed by atoms with Crippen molar-refractivity contribution >= 4 is 28.0 Å². The number of benzene rings is 3. The van der Waals surface area contributed by atoms with E-state index in [2.05, 4.69) is 17.1 Å². The van der Waals surface area contributed by atoms with Gasteiger partial charge in [-0.3, -0.25) is 9.78 Å². The van der Waals surface area contributed by atoms with Crippen LogP contribution in [-0.4, -0.2) is 11.3 Å². The highest BCUT2D eigenvalue weighted by molar-refractivity contribution is 5.98. The van der Waals surface area contributed by atoms with Crippen LogP contribution >= 0.6 is 0 Å². The van der Waals surface area contributed by atoms with E-state index < -0.39 is 0 Å². The number of rotatable bonds is 4. The van der Waals surface area contributed by atoms with Gasteiger partial charge in [0.15, 0.2) is 0 Å². The van der Waals surface area contributed by atoms with Crippen LogP contribution in [0, 0.1) is 6.92 Å². The van der Waals surface area contributed by atoms with Gasteiger partial charge in [-0.2, -0.15) is 0 Å². The molecule has 3 nitrogen and oxygen atoms in total. The molecule has 4 rings (SSSR count). The summed E-state index contributed by atoms with van der Waals surface area (Å²) in [6.07, 6.45) is 1.98. The Morgan fingerprint density at radius 1 is 0.960 bits per heavy atom. The number of pyridine rings is 1. The van der Waals surface area contributed by atoms with Crippen LogP contribution in [0.25, 0.3) is 21.7 Å². The largest absolute Gasteiger partial charge is 0.489 e. The van der Waals surface area contributed by atoms with E-state index in [-0.39, 0.29) is 0 Å². The van der Waals surface area contributed by atoms with E-state index in [9.17, 15) is 4.79 Å². The Hall–Kier alpha value is -3.20. The monoisotopic (exact) mass is 326 g/mol. The van der Waals surface area contributed by atoms with Crippen LogP contribution in [0.1, 0.15) is 16.8 Å². The molecule has 0 aliphatic rings. The maximum atomic E-state index is 11.0. The molecule has 0 saturated carbocycles. The standard InChI is InChI=1S/C22H16NO2/c1-15-11-18(21-7-2-3-8-22(21)23-15)14-25-19-9-10-20-16(12-19)5-4-6-17(20)13-24/h2-12H,14H2,1H3. The number of hydrogen-bond donors (Lipinski definition) is 0. The molecule has 0 bridgehead atoms. The van der Waals surface area contributed by atoms with Gasteiger partial charge in [-0.1, -0.05) is 36.4 Å². The van der Waals surface area contributed by atoms with Crippen molar-refractivity contribution < 1.29 is 9.53 Å². The number of aryl methyl sites for hydroxylation is 1. The number of carbonyl (C=O) groups excluding carboxylic acids is 1. The second kappa shape index (κ2) is 6.36. The van der Waals surface area contributed by atoms with Gasteiger partial charge in [0.05, 0.1) is 5.52 Å². The molecule has 3 aromatic carbocycles. The molecule has 0 aliphatic carbocycles. The van der Waals surface area contributed by atoms with Gasteiger partial charge >= 0.3 is 0 Å². The smallest absolute Gasteiger partial charge is 0.234 e. The maximum absolute atomic E-state index is 11.0. The van der Waals surface area contributed by atoms with E-state index in [1.165, 1.54) is 0 Å². The molecule has 0 spiro atoms. The summed E-state index contributed by atoms with van der Waals surface area (Å²) in [5, 5.41) is 2.95. The summed E-state index contributed by atoms with van der Waals surface area (Å²) < 4.78 is 6.01. The van der Waals surface area contributed by atoms with E-state index in [0.717, 1.165) is 38.7 Å². The molecule has 1 heterocycles. The molecule has 0 atom stereocenters. The minimum absolute atomic E-state index is 0.467. The van der Waals surface area contributed by atoms with Crippen molar-refractivity contribution in [2.75, 3.05) is 0 Å². The molecule has 0 aliphatic heterocycles. The van der Waals surface area contributed by atoms with Gasteiger partial charge in [0, 0.05) is 22.2 Å². The third-order valence-electron chi connectivity index (χ3n) is 4.29. The van der Waals surface area contributed by atoms with Crippen LogP contribution in [0.4, 0.5) is 0 Å². The van der Waals surface area contributed by atoms with Crippen LogP contribution in [0.2, 0.25) is 0 Å². The SMILES string of the molecule is Cc1cc(COc2ccc3c([C]=O)cccc3c2)c2ccccc2n1. The van der Waals surface area contributed by atoms with Crippen molar-refractivity contribution in [1.29, 1.82) is 0 Å². The molecular weight excluding hydrogens is 310 g/mol. The Kier molecular flexibility index (Phi) is 3.90. The predicted molar refractivity (Wildman–Crippen MR) is 99.6 cm³/mol. The number of ether oxygens (including phenoxy) is 1. The quantitative estimate of drug-likeness (QED) is 0.544. The van der Waals surface area contributed by atoms with Crippen LogP contribution in [-0.2, 0) is 11.4 Å². The average Bonchev–Trinajstić information content (AvgIpc) is 2.65. The van der Waals surface area contributed by atoms with Gasteiger partial charge < -0.3 is 4.74 Å². The van der Waals surface area contributed by atoms with Gasteiger partial charge in [0.1, 0.15) is 12.4 Å². The number of fused-ring (bicyclic) bond motifs is 2. The van der Waals surface area contributed by atoms with Gasteiger partial charge in [-0.25, -0.2) is 0 Å². The Labute approximate surface area is 145 Å². The van der Waals surface area contributed by atoms with Crippen molar-refractivity contribution in [1.82, 2.24) is 4.98 Å². The zero-order valence-corrected chi connectivity index (χ0v) is 13.8. The summed E-state index contributed by atoms with van der Waals surface area (Å²) in [4.78, 5) is 15.6. The summed E-state index contributed by atoms with van der Waals surface area (Å²) in [6, 6.07) is 21.5. The molecule has 0 fully saturated rings. The molecule has 1 aromatic heterocycles. The van der Waals surface area contributed by atoms with Gasteiger partial charge in [-0.15, -0.1) is 0 Å². The van der Waals surface area contributed by atoms with Crippen molar-refractivity contribution in [2.24, 2.45) is 0 Å². The average molecular weight is 326 g/mol. The number of nitrogens with zero attached hydrogens (tertiary/aromatic N) is 1. The predicted octanol–water partition coefficient (Wildman–Crippen LogP) is 4.73. The Bertz CT molecular complexity index is 1090. The molecule has 1 radical (unpaired) electrons. The van der Waals surface area contributed by atoms with E-state index in [1.807, 2.05) is 61.7 Å². The fourth-order valence-electron chi connectivity index (χ4n) is 3.12. The van der Waals surface area contributed by atoms with Crippen LogP contribution in [0.5, 0.6) is 5.75 Å². The van der Waals surface area contributed by atoms with Gasteiger partial charge in [0.2, 0.25) is 6.29 Å². The van der Waals surface area contributed by atoms with Crippen molar-refractivity contribution in [3.63, 3.8) is 0 Å². The molecule has 0 N–H and O–H groups in total. The zero-order valence-electron chi connectivity index (χ0n) is 13.8. The molecule has 0 unspecified atom stereocenters. The van der Waals surface area contributed by atoms with Crippen molar-refractivity contribution in [3.8, 4) is 5.75 Å². The van der Waals surface area contributed by atoms with Gasteiger partial charge in [-0.05, 0) is 48.0 Å². The molecule has 0 saturated heterocycles. The highest BCUT2D eigenvalue weighted by atomic mass is 16.5. The molecular formula is C22H16NO2. The van der Waals surface area contributed by atoms with Gasteiger partial charge in [0.25, 0.3) is 0 Å². The van der Waals surface area contributed by atoms with Crippen molar-refractivity contribution in [2.45, 2.75) is 13.5 Å². The van der Waals surface area contributed by atoms with Crippen LogP contribution in [0.3, 0.4) is 0 Å². The van der Waals surface area contributed by atoms with E-state index in [0.29, 0.717) is 12.2 Å². The fraction of sp³-hybridized carbons (Fsp3) is 0.0909. The number of hydrogen-bond acceptors (Lipinski definition) is 3. The highest BCUT2D eigenvalue weighted by Crippen LogP contribution is 2.25. The zero-order chi connectivity index (χ0) is 17.2. The second-order valence-electron chi connectivity index (χ2n) is 6.02. The normalized spacial score (nSPS) is 10.9.